The van der Waals surface area contributed by atoms with Crippen molar-refractivity contribution >= 4 is 17.8 Å². The number of nitrogens with two attached hydrogens (primary N) is 1. The van der Waals surface area contributed by atoms with Crippen LogP contribution in [0.25, 0.3) is 0 Å². The van der Waals surface area contributed by atoms with E-state index in [2.05, 4.69) is 10.3 Å². The van der Waals surface area contributed by atoms with E-state index in [-0.39, 0.29) is 37.4 Å². The lowest BCUT2D eigenvalue weighted by molar-refractivity contribution is -0.151. The van der Waals surface area contributed by atoms with E-state index in [1.165, 1.54) is 7.11 Å². The van der Waals surface area contributed by atoms with Crippen molar-refractivity contribution in [3.8, 4) is 0 Å². The van der Waals surface area contributed by atoms with Crippen LogP contribution in [0, 0.1) is 0 Å². The lowest BCUT2D eigenvalue weighted by Gasteiger charge is -2.12. The minimum absolute atomic E-state index is 0.0419. The van der Waals surface area contributed by atoms with Gasteiger partial charge in [0.1, 0.15) is 12.6 Å². The fourth-order valence-corrected chi connectivity index (χ4v) is 1.43. The summed E-state index contributed by atoms with van der Waals surface area (Å²) >= 11 is 0. The third-order valence-electron chi connectivity index (χ3n) is 2.26. The Morgan fingerprint density at radius 3 is 2.75 bits per heavy atom. The Hall–Kier alpha value is -2.16. The Kier molecular flexibility index (Phi) is 5.91. The number of esters is 2. The van der Waals surface area contributed by atoms with Gasteiger partial charge < -0.3 is 19.9 Å². The van der Waals surface area contributed by atoms with E-state index >= 15 is 0 Å². The van der Waals surface area contributed by atoms with Crippen LogP contribution in [0.3, 0.4) is 0 Å². The van der Waals surface area contributed by atoms with E-state index in [1.54, 1.807) is 13.8 Å². The van der Waals surface area contributed by atoms with E-state index in [9.17, 15) is 9.59 Å². The molecule has 0 saturated carbocycles. The Morgan fingerprint density at radius 2 is 2.15 bits per heavy atom. The molecule has 1 rings (SSSR count). The smallest absolute Gasteiger partial charge is 0.362 e. The molecule has 9 nitrogen and oxygen atoms in total. The number of aromatic nitrogens is 3. The predicted molar refractivity (Wildman–Crippen MR) is 67.8 cm³/mol. The van der Waals surface area contributed by atoms with Gasteiger partial charge in [-0.2, -0.15) is 0 Å². The van der Waals surface area contributed by atoms with Gasteiger partial charge in [0, 0.05) is 7.11 Å². The number of ether oxygens (including phenoxy) is 3. The van der Waals surface area contributed by atoms with Crippen molar-refractivity contribution in [2.75, 3.05) is 26.1 Å². The van der Waals surface area contributed by atoms with Crippen molar-refractivity contribution in [1.82, 2.24) is 15.0 Å². The zero-order chi connectivity index (χ0) is 15.1. The van der Waals surface area contributed by atoms with Crippen LogP contribution in [-0.2, 0) is 25.5 Å². The van der Waals surface area contributed by atoms with E-state index < -0.39 is 11.9 Å². The molecule has 1 atom stereocenters. The Labute approximate surface area is 116 Å². The molecular weight excluding hydrogens is 268 g/mol. The van der Waals surface area contributed by atoms with Gasteiger partial charge in [-0.25, -0.2) is 9.48 Å². The first-order chi connectivity index (χ1) is 9.49. The number of nitrogen functional groups attached to an aromatic ring is 1. The molecule has 0 aliphatic carbocycles. The first-order valence-corrected chi connectivity index (χ1v) is 6.04. The maximum atomic E-state index is 11.6. The van der Waals surface area contributed by atoms with Crippen LogP contribution in [0.15, 0.2) is 0 Å². The molecule has 0 aliphatic heterocycles. The minimum Gasteiger partial charge on any atom is -0.461 e. The fourth-order valence-electron chi connectivity index (χ4n) is 1.43. The molecule has 0 bridgehead atoms. The number of methoxy groups -OCH3 is 1. The van der Waals surface area contributed by atoms with Crippen LogP contribution in [0.4, 0.5) is 5.82 Å². The molecule has 0 fully saturated rings. The average Bonchev–Trinajstić information content (AvgIpc) is 2.71. The number of nitrogens with zero attached hydrogens (tertiary/aromatic N) is 3. The van der Waals surface area contributed by atoms with Crippen molar-refractivity contribution in [3.63, 3.8) is 0 Å². The van der Waals surface area contributed by atoms with Gasteiger partial charge in [0.05, 0.1) is 13.2 Å². The summed E-state index contributed by atoms with van der Waals surface area (Å²) in [6, 6.07) is 0. The van der Waals surface area contributed by atoms with Gasteiger partial charge >= 0.3 is 11.9 Å². The molecule has 1 aromatic rings. The highest BCUT2D eigenvalue weighted by molar-refractivity contribution is 5.92. The summed E-state index contributed by atoms with van der Waals surface area (Å²) in [5, 5.41) is 7.20. The Bertz CT molecular complexity index is 473. The van der Waals surface area contributed by atoms with E-state index in [0.29, 0.717) is 0 Å². The molecule has 0 radical (unpaired) electrons. The van der Waals surface area contributed by atoms with Crippen LogP contribution in [0.1, 0.15) is 24.3 Å². The summed E-state index contributed by atoms with van der Waals surface area (Å²) in [4.78, 5) is 23.1. The van der Waals surface area contributed by atoms with Gasteiger partial charge in [-0.05, 0) is 13.8 Å². The molecule has 1 aromatic heterocycles. The van der Waals surface area contributed by atoms with Crippen molar-refractivity contribution in [2.24, 2.45) is 0 Å². The molecule has 1 heterocycles. The van der Waals surface area contributed by atoms with Crippen molar-refractivity contribution in [1.29, 1.82) is 0 Å². The lowest BCUT2D eigenvalue weighted by atomic mass is 10.4. The largest absolute Gasteiger partial charge is 0.461 e. The van der Waals surface area contributed by atoms with E-state index in [0.717, 1.165) is 4.68 Å². The zero-order valence-corrected chi connectivity index (χ0v) is 11.7. The number of hydrogen-bond acceptors (Lipinski definition) is 8. The zero-order valence-electron chi connectivity index (χ0n) is 11.7. The molecule has 112 valence electrons. The van der Waals surface area contributed by atoms with Gasteiger partial charge in [-0.3, -0.25) is 4.79 Å². The maximum absolute atomic E-state index is 11.6. The van der Waals surface area contributed by atoms with Gasteiger partial charge in [-0.1, -0.05) is 5.21 Å². The highest BCUT2D eigenvalue weighted by Crippen LogP contribution is 2.09. The molecule has 20 heavy (non-hydrogen) atoms. The SMILES string of the molecule is CCOC(=O)c1nnn(CC(=O)OC(C)COC)c1N. The highest BCUT2D eigenvalue weighted by atomic mass is 16.6. The van der Waals surface area contributed by atoms with E-state index in [1.807, 2.05) is 0 Å². The summed E-state index contributed by atoms with van der Waals surface area (Å²) in [5.41, 5.74) is 5.56. The molecule has 2 N–H and O–H groups in total. The summed E-state index contributed by atoms with van der Waals surface area (Å²) in [7, 11) is 1.51. The van der Waals surface area contributed by atoms with Crippen LogP contribution >= 0.6 is 0 Å². The second kappa shape index (κ2) is 7.43. The molecule has 9 heteroatoms. The molecule has 0 saturated heterocycles. The second-order valence-corrected chi connectivity index (χ2v) is 3.96. The Balaban J connectivity index is 2.65. The monoisotopic (exact) mass is 286 g/mol. The predicted octanol–water partition coefficient (Wildman–Crippen LogP) is -0.385. The summed E-state index contributed by atoms with van der Waals surface area (Å²) in [6.45, 7) is 3.59. The van der Waals surface area contributed by atoms with Crippen LogP contribution in [-0.4, -0.2) is 53.4 Å². The standard InChI is InChI=1S/C11H18N4O5/c1-4-19-11(17)9-10(12)15(14-13-9)5-8(16)20-7(2)6-18-3/h7H,4-6,12H2,1-3H3. The fraction of sp³-hybridized carbons (Fsp3) is 0.636. The molecule has 0 amide bonds. The minimum atomic E-state index is -0.683. The van der Waals surface area contributed by atoms with Crippen LogP contribution in [0.5, 0.6) is 0 Å². The second-order valence-electron chi connectivity index (χ2n) is 3.96. The molecule has 1 unspecified atom stereocenters. The summed E-state index contributed by atoms with van der Waals surface area (Å²) in [5.74, 6) is -1.28. The maximum Gasteiger partial charge on any atom is 0.362 e. The molecule has 0 spiro atoms. The summed E-state index contributed by atoms with van der Waals surface area (Å²) < 4.78 is 15.7. The number of rotatable bonds is 7. The topological polar surface area (TPSA) is 119 Å². The lowest BCUT2D eigenvalue weighted by Crippen LogP contribution is -2.24. The highest BCUT2D eigenvalue weighted by Gasteiger charge is 2.20. The van der Waals surface area contributed by atoms with Gasteiger partial charge in [0.15, 0.2) is 5.82 Å². The molecular formula is C11H18N4O5. The van der Waals surface area contributed by atoms with Crippen LogP contribution in [0.2, 0.25) is 0 Å². The van der Waals surface area contributed by atoms with Crippen molar-refractivity contribution < 1.29 is 23.8 Å². The third-order valence-corrected chi connectivity index (χ3v) is 2.26. The molecule has 0 aromatic carbocycles. The summed E-state index contributed by atoms with van der Waals surface area (Å²) in [6.07, 6.45) is -0.387. The van der Waals surface area contributed by atoms with Crippen LogP contribution < -0.4 is 5.73 Å². The van der Waals surface area contributed by atoms with Crippen molar-refractivity contribution in [3.05, 3.63) is 5.69 Å². The van der Waals surface area contributed by atoms with Crippen molar-refractivity contribution in [2.45, 2.75) is 26.5 Å². The average molecular weight is 286 g/mol. The number of carbonyl (C=O) groups excluding carboxylic acids is 2. The number of carbonyl (C=O) groups is 2. The Morgan fingerprint density at radius 1 is 1.45 bits per heavy atom. The molecule has 0 aliphatic rings. The van der Waals surface area contributed by atoms with Gasteiger partial charge in [-0.15, -0.1) is 5.10 Å². The number of hydrogen-bond donors (Lipinski definition) is 1. The normalized spacial score (nSPS) is 11.9. The van der Waals surface area contributed by atoms with Gasteiger partial charge in [0.2, 0.25) is 5.69 Å². The number of anilines is 1. The third kappa shape index (κ3) is 4.19. The quantitative estimate of drug-likeness (QED) is 0.673. The first kappa shape index (κ1) is 15.9. The van der Waals surface area contributed by atoms with E-state index in [4.69, 9.17) is 19.9 Å². The first-order valence-electron chi connectivity index (χ1n) is 6.04. The van der Waals surface area contributed by atoms with Gasteiger partial charge in [0.25, 0.3) is 0 Å².